The predicted octanol–water partition coefficient (Wildman–Crippen LogP) is 7.06. The van der Waals surface area contributed by atoms with E-state index in [1.54, 1.807) is 6.92 Å². The Hall–Kier alpha value is -2.06. The van der Waals surface area contributed by atoms with E-state index in [0.29, 0.717) is 37.8 Å². The van der Waals surface area contributed by atoms with Crippen LogP contribution in [0, 0.1) is 0 Å². The van der Waals surface area contributed by atoms with E-state index in [1.807, 2.05) is 30.3 Å². The first-order valence-electron chi connectivity index (χ1n) is 10.4. The van der Waals surface area contributed by atoms with Crippen LogP contribution >= 0.6 is 0 Å². The van der Waals surface area contributed by atoms with Gasteiger partial charge in [-0.15, -0.1) is 0 Å². The smallest absolute Gasteiger partial charge is 0.390 e. The van der Waals surface area contributed by atoms with Gasteiger partial charge in [0.15, 0.2) is 0 Å². The second kappa shape index (κ2) is 8.71. The zero-order valence-corrected chi connectivity index (χ0v) is 17.9. The SMILES string of the molecule is C[C@@H](OCC1(c2ccccc2)CCC(C)(O)CC1)c1cc(C(F)(F)F)cc(C(F)(F)F)c1. The first-order chi connectivity index (χ1) is 14.7. The summed E-state index contributed by atoms with van der Waals surface area (Å²) in [5.41, 5.74) is -3.21. The fourth-order valence-corrected chi connectivity index (χ4v) is 4.17. The van der Waals surface area contributed by atoms with Crippen molar-refractivity contribution in [2.24, 2.45) is 0 Å². The first-order valence-corrected chi connectivity index (χ1v) is 10.4. The summed E-state index contributed by atoms with van der Waals surface area (Å²) in [6.07, 6.45) is -8.59. The summed E-state index contributed by atoms with van der Waals surface area (Å²) in [4.78, 5) is 0. The first kappa shape index (κ1) is 24.6. The van der Waals surface area contributed by atoms with Gasteiger partial charge in [0.05, 0.1) is 29.4 Å². The standard InChI is InChI=1S/C24H26F6O2/c1-16(17-12-19(23(25,26)27)14-20(13-17)24(28,29)30)32-15-22(18-6-4-3-5-7-18)10-8-21(2,31)9-11-22/h3-7,12-14,16,31H,8-11,15H2,1-2H3/t16-,21?,22?/m1/s1. The quantitative estimate of drug-likeness (QED) is 0.484. The maximum atomic E-state index is 13.2. The van der Waals surface area contributed by atoms with Crippen molar-refractivity contribution in [3.05, 3.63) is 70.8 Å². The molecule has 0 radical (unpaired) electrons. The zero-order chi connectivity index (χ0) is 23.8. The van der Waals surface area contributed by atoms with Crippen LogP contribution in [0.25, 0.3) is 0 Å². The molecule has 0 aromatic heterocycles. The van der Waals surface area contributed by atoms with Crippen LogP contribution in [0.5, 0.6) is 0 Å². The molecule has 1 aliphatic carbocycles. The van der Waals surface area contributed by atoms with Gasteiger partial charge in [-0.3, -0.25) is 0 Å². The number of alkyl halides is 6. The summed E-state index contributed by atoms with van der Waals surface area (Å²) in [6, 6.07) is 11.0. The molecule has 0 saturated heterocycles. The lowest BCUT2D eigenvalue weighted by Gasteiger charge is -2.43. The van der Waals surface area contributed by atoms with Gasteiger partial charge in [0.1, 0.15) is 0 Å². The predicted molar refractivity (Wildman–Crippen MR) is 108 cm³/mol. The molecule has 0 amide bonds. The second-order valence-electron chi connectivity index (χ2n) is 8.94. The van der Waals surface area contributed by atoms with Crippen LogP contribution in [0.4, 0.5) is 26.3 Å². The van der Waals surface area contributed by atoms with Gasteiger partial charge >= 0.3 is 12.4 Å². The summed E-state index contributed by atoms with van der Waals surface area (Å²) in [5, 5.41) is 10.4. The molecular weight excluding hydrogens is 434 g/mol. The van der Waals surface area contributed by atoms with Crippen LogP contribution < -0.4 is 0 Å². The number of ether oxygens (including phenoxy) is 1. The molecule has 1 aliphatic rings. The Morgan fingerprint density at radius 2 is 1.38 bits per heavy atom. The summed E-state index contributed by atoms with van der Waals surface area (Å²) in [7, 11) is 0. The number of halogens is 6. The monoisotopic (exact) mass is 460 g/mol. The van der Waals surface area contributed by atoms with Crippen LogP contribution in [0.1, 0.15) is 67.9 Å². The summed E-state index contributed by atoms with van der Waals surface area (Å²) >= 11 is 0. The molecule has 176 valence electrons. The highest BCUT2D eigenvalue weighted by Gasteiger charge is 2.42. The number of hydrogen-bond acceptors (Lipinski definition) is 2. The molecule has 0 spiro atoms. The molecule has 1 saturated carbocycles. The van der Waals surface area contributed by atoms with Gasteiger partial charge in [0, 0.05) is 5.41 Å². The Morgan fingerprint density at radius 1 is 0.875 bits per heavy atom. The van der Waals surface area contributed by atoms with Gasteiger partial charge in [0.25, 0.3) is 0 Å². The van der Waals surface area contributed by atoms with Crippen molar-refractivity contribution in [3.63, 3.8) is 0 Å². The van der Waals surface area contributed by atoms with Gasteiger partial charge in [-0.2, -0.15) is 26.3 Å². The van der Waals surface area contributed by atoms with Crippen LogP contribution in [0.3, 0.4) is 0 Å². The van der Waals surface area contributed by atoms with Crippen LogP contribution in [0.2, 0.25) is 0 Å². The highest BCUT2D eigenvalue weighted by atomic mass is 19.4. The average molecular weight is 460 g/mol. The Balaban J connectivity index is 1.88. The van der Waals surface area contributed by atoms with Crippen molar-refractivity contribution in [1.82, 2.24) is 0 Å². The maximum Gasteiger partial charge on any atom is 0.416 e. The molecule has 0 aliphatic heterocycles. The molecule has 2 nitrogen and oxygen atoms in total. The Kier molecular flexibility index (Phi) is 6.69. The molecule has 2 aromatic carbocycles. The molecule has 3 rings (SSSR count). The van der Waals surface area contributed by atoms with Crippen molar-refractivity contribution < 1.29 is 36.2 Å². The van der Waals surface area contributed by atoms with Gasteiger partial charge in [0.2, 0.25) is 0 Å². The Labute approximate surface area is 183 Å². The zero-order valence-electron chi connectivity index (χ0n) is 17.9. The largest absolute Gasteiger partial charge is 0.416 e. The fourth-order valence-electron chi connectivity index (χ4n) is 4.17. The van der Waals surface area contributed by atoms with Crippen LogP contribution in [-0.4, -0.2) is 17.3 Å². The van der Waals surface area contributed by atoms with Crippen molar-refractivity contribution in [2.75, 3.05) is 6.61 Å². The third kappa shape index (κ3) is 5.64. The minimum absolute atomic E-state index is 0.116. The minimum Gasteiger partial charge on any atom is -0.390 e. The van der Waals surface area contributed by atoms with E-state index in [0.717, 1.165) is 5.56 Å². The molecule has 0 unspecified atom stereocenters. The number of hydrogen-bond donors (Lipinski definition) is 1. The maximum absolute atomic E-state index is 13.2. The molecule has 1 atom stereocenters. The van der Waals surface area contributed by atoms with E-state index in [9.17, 15) is 31.4 Å². The highest BCUT2D eigenvalue weighted by Crippen LogP contribution is 2.44. The van der Waals surface area contributed by atoms with Crippen LogP contribution in [-0.2, 0) is 22.5 Å². The molecule has 0 bridgehead atoms. The second-order valence-corrected chi connectivity index (χ2v) is 8.94. The molecule has 2 aromatic rings. The number of benzene rings is 2. The van der Waals surface area contributed by atoms with Gasteiger partial charge in [-0.05, 0) is 68.9 Å². The summed E-state index contributed by atoms with van der Waals surface area (Å²) in [5.74, 6) is 0. The topological polar surface area (TPSA) is 29.5 Å². The van der Waals surface area contributed by atoms with E-state index in [1.165, 1.54) is 6.92 Å². The van der Waals surface area contributed by atoms with Crippen molar-refractivity contribution >= 4 is 0 Å². The third-order valence-corrected chi connectivity index (χ3v) is 6.36. The summed E-state index contributed by atoms with van der Waals surface area (Å²) < 4.78 is 85.1. The number of rotatable bonds is 5. The van der Waals surface area contributed by atoms with E-state index in [4.69, 9.17) is 4.74 Å². The van der Waals surface area contributed by atoms with Gasteiger partial charge < -0.3 is 9.84 Å². The molecule has 1 N–H and O–H groups in total. The van der Waals surface area contributed by atoms with Crippen molar-refractivity contribution in [2.45, 2.75) is 69.0 Å². The highest BCUT2D eigenvalue weighted by molar-refractivity contribution is 5.35. The van der Waals surface area contributed by atoms with E-state index < -0.39 is 40.6 Å². The molecule has 32 heavy (non-hydrogen) atoms. The lowest BCUT2D eigenvalue weighted by atomic mass is 9.66. The minimum atomic E-state index is -4.91. The van der Waals surface area contributed by atoms with Gasteiger partial charge in [-0.25, -0.2) is 0 Å². The molecule has 0 heterocycles. The lowest BCUT2D eigenvalue weighted by Crippen LogP contribution is -2.42. The Bertz CT molecular complexity index is 876. The molecule has 1 fully saturated rings. The third-order valence-electron chi connectivity index (χ3n) is 6.36. The fraction of sp³-hybridized carbons (Fsp3) is 0.500. The lowest BCUT2D eigenvalue weighted by molar-refractivity contribution is -0.143. The summed E-state index contributed by atoms with van der Waals surface area (Å²) in [6.45, 7) is 3.33. The van der Waals surface area contributed by atoms with E-state index in [-0.39, 0.29) is 18.2 Å². The van der Waals surface area contributed by atoms with E-state index in [2.05, 4.69) is 0 Å². The van der Waals surface area contributed by atoms with Crippen LogP contribution in [0.15, 0.2) is 48.5 Å². The van der Waals surface area contributed by atoms with E-state index >= 15 is 0 Å². The molecule has 8 heteroatoms. The normalized spacial score (nSPS) is 25.5. The van der Waals surface area contributed by atoms with Crippen molar-refractivity contribution in [3.8, 4) is 0 Å². The van der Waals surface area contributed by atoms with Crippen molar-refractivity contribution in [1.29, 1.82) is 0 Å². The molecular formula is C24H26F6O2. The van der Waals surface area contributed by atoms with Gasteiger partial charge in [-0.1, -0.05) is 30.3 Å². The Morgan fingerprint density at radius 3 is 1.84 bits per heavy atom. The number of aliphatic hydroxyl groups is 1. The average Bonchev–Trinajstić information content (AvgIpc) is 2.72.